The number of rotatable bonds is 11. The van der Waals surface area contributed by atoms with Gasteiger partial charge in [-0.25, -0.2) is 5.43 Å². The number of methoxy groups -OCH3 is 2. The van der Waals surface area contributed by atoms with E-state index in [1.165, 1.54) is 26.5 Å². The molecule has 192 valence electrons. The first-order chi connectivity index (χ1) is 18.0. The van der Waals surface area contributed by atoms with Crippen molar-refractivity contribution in [2.45, 2.75) is 6.42 Å². The summed E-state index contributed by atoms with van der Waals surface area (Å²) in [6.45, 7) is 0.421. The maximum Gasteiger partial charge on any atom is 0.329 e. The first-order valence-corrected chi connectivity index (χ1v) is 11.4. The van der Waals surface area contributed by atoms with E-state index < -0.39 is 11.8 Å². The van der Waals surface area contributed by atoms with Crippen molar-refractivity contribution in [2.24, 2.45) is 5.10 Å². The maximum absolute atomic E-state index is 12.2. The number of benzene rings is 3. The second-order valence-electron chi connectivity index (χ2n) is 7.66. The molecule has 0 aliphatic carbocycles. The summed E-state index contributed by atoms with van der Waals surface area (Å²) in [5, 5.41) is 9.07. The highest BCUT2D eigenvalue weighted by molar-refractivity contribution is 6.39. The zero-order valence-electron chi connectivity index (χ0n) is 20.5. The van der Waals surface area contributed by atoms with Gasteiger partial charge in [-0.2, -0.15) is 5.10 Å². The number of ether oxygens (including phenoxy) is 3. The Kier molecular flexibility index (Phi) is 10.0. The summed E-state index contributed by atoms with van der Waals surface area (Å²) in [6.07, 6.45) is 2.12. The van der Waals surface area contributed by atoms with E-state index in [1.54, 1.807) is 36.4 Å². The van der Waals surface area contributed by atoms with E-state index in [0.29, 0.717) is 29.4 Å². The molecule has 0 spiro atoms. The second kappa shape index (κ2) is 13.9. The van der Waals surface area contributed by atoms with Gasteiger partial charge < -0.3 is 24.8 Å². The van der Waals surface area contributed by atoms with Crippen molar-refractivity contribution in [3.8, 4) is 17.2 Å². The van der Waals surface area contributed by atoms with Crippen LogP contribution in [0.2, 0.25) is 0 Å². The highest BCUT2D eigenvalue weighted by atomic mass is 16.5. The summed E-state index contributed by atoms with van der Waals surface area (Å²) in [7, 11) is 2.93. The molecule has 10 heteroatoms. The molecule has 0 unspecified atom stereocenters. The molecule has 0 saturated carbocycles. The van der Waals surface area contributed by atoms with Crippen molar-refractivity contribution in [1.82, 2.24) is 10.7 Å². The van der Waals surface area contributed by atoms with Gasteiger partial charge in [-0.3, -0.25) is 14.4 Å². The predicted octanol–water partition coefficient (Wildman–Crippen LogP) is 2.53. The van der Waals surface area contributed by atoms with Gasteiger partial charge in [-0.15, -0.1) is 0 Å². The zero-order chi connectivity index (χ0) is 26.5. The number of hydrogen-bond donors (Lipinski definition) is 3. The molecule has 0 atom stereocenters. The number of nitrogens with zero attached hydrogens (tertiary/aromatic N) is 1. The van der Waals surface area contributed by atoms with Crippen molar-refractivity contribution in [2.75, 3.05) is 32.7 Å². The number of hydrazone groups is 1. The van der Waals surface area contributed by atoms with Crippen LogP contribution in [0.5, 0.6) is 17.2 Å². The molecule has 0 fully saturated rings. The number of nitrogens with one attached hydrogen (secondary N) is 3. The van der Waals surface area contributed by atoms with Crippen LogP contribution >= 0.6 is 0 Å². The fourth-order valence-electron chi connectivity index (χ4n) is 3.15. The van der Waals surface area contributed by atoms with E-state index >= 15 is 0 Å². The summed E-state index contributed by atoms with van der Waals surface area (Å²) in [4.78, 5) is 36.2. The standard InChI is InChI=1S/C27H28N4O6/c1-35-22-12-13-24(36-2)23(16-22)30-26(33)27(34)31-29-17-20-8-10-21(11-9-20)37-18-25(32)28-15-14-19-6-4-3-5-7-19/h3-13,16-17H,14-15,18H2,1-2H3,(H,28,32)(H,30,33)(H,31,34)/b29-17-. The third kappa shape index (κ3) is 8.70. The quantitative estimate of drug-likeness (QED) is 0.209. The Balaban J connectivity index is 1.40. The molecule has 3 N–H and O–H groups in total. The van der Waals surface area contributed by atoms with Crippen LogP contribution in [0.1, 0.15) is 11.1 Å². The Morgan fingerprint density at radius 3 is 2.30 bits per heavy atom. The lowest BCUT2D eigenvalue weighted by atomic mass is 10.1. The Labute approximate surface area is 214 Å². The fourth-order valence-corrected chi connectivity index (χ4v) is 3.15. The number of carbonyl (C=O) groups is 3. The smallest absolute Gasteiger partial charge is 0.329 e. The van der Waals surface area contributed by atoms with Crippen LogP contribution in [0.15, 0.2) is 77.9 Å². The van der Waals surface area contributed by atoms with Crippen molar-refractivity contribution in [3.05, 3.63) is 83.9 Å². The lowest BCUT2D eigenvalue weighted by Gasteiger charge is -2.11. The van der Waals surface area contributed by atoms with Gasteiger partial charge in [0.15, 0.2) is 6.61 Å². The first kappa shape index (κ1) is 26.7. The van der Waals surface area contributed by atoms with Crippen molar-refractivity contribution >= 4 is 29.6 Å². The minimum Gasteiger partial charge on any atom is -0.497 e. The van der Waals surface area contributed by atoms with Crippen LogP contribution in [-0.2, 0) is 20.8 Å². The van der Waals surface area contributed by atoms with Gasteiger partial charge in [0.1, 0.15) is 17.2 Å². The Morgan fingerprint density at radius 2 is 1.59 bits per heavy atom. The maximum atomic E-state index is 12.2. The van der Waals surface area contributed by atoms with Crippen LogP contribution in [0.3, 0.4) is 0 Å². The number of hydrogen-bond acceptors (Lipinski definition) is 7. The van der Waals surface area contributed by atoms with Gasteiger partial charge >= 0.3 is 11.8 Å². The summed E-state index contributed by atoms with van der Waals surface area (Å²) in [5.74, 6) is -0.725. The molecule has 3 rings (SSSR count). The second-order valence-corrected chi connectivity index (χ2v) is 7.66. The Morgan fingerprint density at radius 1 is 0.865 bits per heavy atom. The van der Waals surface area contributed by atoms with Crippen molar-refractivity contribution in [3.63, 3.8) is 0 Å². The van der Waals surface area contributed by atoms with Gasteiger partial charge in [-0.1, -0.05) is 30.3 Å². The average Bonchev–Trinajstić information content (AvgIpc) is 2.93. The van der Waals surface area contributed by atoms with E-state index in [9.17, 15) is 14.4 Å². The molecular formula is C27H28N4O6. The highest BCUT2D eigenvalue weighted by Crippen LogP contribution is 2.28. The van der Waals surface area contributed by atoms with Gasteiger partial charge in [0.05, 0.1) is 26.1 Å². The predicted molar refractivity (Wildman–Crippen MR) is 139 cm³/mol. The van der Waals surface area contributed by atoms with E-state index in [4.69, 9.17) is 14.2 Å². The summed E-state index contributed by atoms with van der Waals surface area (Å²) in [5.41, 5.74) is 4.25. The molecule has 0 aromatic heterocycles. The summed E-state index contributed by atoms with van der Waals surface area (Å²) < 4.78 is 15.8. The molecule has 3 amide bonds. The van der Waals surface area contributed by atoms with Gasteiger partial charge in [-0.05, 0) is 53.9 Å². The molecule has 37 heavy (non-hydrogen) atoms. The normalized spacial score (nSPS) is 10.4. The van der Waals surface area contributed by atoms with Crippen molar-refractivity contribution < 1.29 is 28.6 Å². The summed E-state index contributed by atoms with van der Waals surface area (Å²) in [6, 6.07) is 21.4. The molecular weight excluding hydrogens is 476 g/mol. The Bertz CT molecular complexity index is 1230. The SMILES string of the molecule is COc1ccc(OC)c(NC(=O)C(=O)N/N=C\c2ccc(OCC(=O)NCCc3ccccc3)cc2)c1. The third-order valence-corrected chi connectivity index (χ3v) is 5.07. The molecule has 0 aliphatic heterocycles. The van der Waals surface area contributed by atoms with E-state index in [0.717, 1.165) is 12.0 Å². The molecule has 0 aliphatic rings. The third-order valence-electron chi connectivity index (χ3n) is 5.07. The van der Waals surface area contributed by atoms with Gasteiger partial charge in [0, 0.05) is 12.6 Å². The van der Waals surface area contributed by atoms with Gasteiger partial charge in [0.2, 0.25) is 0 Å². The van der Waals surface area contributed by atoms with Gasteiger partial charge in [0.25, 0.3) is 5.91 Å². The number of anilines is 1. The lowest BCUT2D eigenvalue weighted by Crippen LogP contribution is -2.32. The fraction of sp³-hybridized carbons (Fsp3) is 0.185. The molecule has 10 nitrogen and oxygen atoms in total. The molecule has 0 saturated heterocycles. The topological polar surface area (TPSA) is 127 Å². The first-order valence-electron chi connectivity index (χ1n) is 11.4. The molecule has 0 radical (unpaired) electrons. The van der Waals surface area contributed by atoms with Crippen LogP contribution in [-0.4, -0.2) is 51.3 Å². The van der Waals surface area contributed by atoms with Crippen LogP contribution in [0.25, 0.3) is 0 Å². The molecule has 0 heterocycles. The molecule has 0 bridgehead atoms. The van der Waals surface area contributed by atoms with Crippen LogP contribution < -0.4 is 30.3 Å². The molecule has 3 aromatic carbocycles. The van der Waals surface area contributed by atoms with Crippen LogP contribution in [0.4, 0.5) is 5.69 Å². The minimum atomic E-state index is -0.959. The number of amides is 3. The monoisotopic (exact) mass is 504 g/mol. The van der Waals surface area contributed by atoms with E-state index in [2.05, 4.69) is 21.2 Å². The summed E-state index contributed by atoms with van der Waals surface area (Å²) >= 11 is 0. The number of carbonyl (C=O) groups excluding carboxylic acids is 3. The zero-order valence-corrected chi connectivity index (χ0v) is 20.5. The largest absolute Gasteiger partial charge is 0.497 e. The Hall–Kier alpha value is -4.86. The highest BCUT2D eigenvalue weighted by Gasteiger charge is 2.16. The van der Waals surface area contributed by atoms with E-state index in [-0.39, 0.29) is 18.2 Å². The molecule has 3 aromatic rings. The van der Waals surface area contributed by atoms with Crippen molar-refractivity contribution in [1.29, 1.82) is 0 Å². The minimum absolute atomic E-state index is 0.106. The lowest BCUT2D eigenvalue weighted by molar-refractivity contribution is -0.136. The van der Waals surface area contributed by atoms with Crippen LogP contribution in [0, 0.1) is 0 Å². The average molecular weight is 505 g/mol. The van der Waals surface area contributed by atoms with E-state index in [1.807, 2.05) is 30.3 Å².